The number of carbonyl (C=O) groups is 2. The number of esters is 2. The summed E-state index contributed by atoms with van der Waals surface area (Å²) in [5, 5.41) is 0. The number of benzene rings is 2. The molecule has 1 heterocycles. The third-order valence-electron chi connectivity index (χ3n) is 5.66. The lowest BCUT2D eigenvalue weighted by Crippen LogP contribution is -2.50. The summed E-state index contributed by atoms with van der Waals surface area (Å²) in [5.74, 6) is -4.89. The fourth-order valence-electron chi connectivity index (χ4n) is 3.73. The SMILES string of the molecule is COC(=O)c1ccccc1CS(=O)(=O)N(C(N)=[N+](OC)S(=O)(=O)c1ccccc1C(=O)OC)c1nc(OC)cc(OC)n1. The van der Waals surface area contributed by atoms with E-state index in [2.05, 4.69) is 14.7 Å². The molecule has 0 saturated carbocycles. The zero-order chi connectivity index (χ0) is 31.9. The number of nitrogens with zero attached hydrogens (tertiary/aromatic N) is 4. The van der Waals surface area contributed by atoms with Crippen LogP contribution >= 0.6 is 0 Å². The van der Waals surface area contributed by atoms with Crippen LogP contribution in [0.25, 0.3) is 0 Å². The molecule has 3 rings (SSSR count). The van der Waals surface area contributed by atoms with E-state index in [1.165, 1.54) is 62.8 Å². The van der Waals surface area contributed by atoms with Gasteiger partial charge in [-0.15, -0.1) is 0 Å². The minimum Gasteiger partial charge on any atom is -0.481 e. The van der Waals surface area contributed by atoms with Gasteiger partial charge in [0.25, 0.3) is 10.0 Å². The van der Waals surface area contributed by atoms with E-state index < -0.39 is 54.5 Å². The largest absolute Gasteiger partial charge is 0.481 e. The second kappa shape index (κ2) is 13.3. The van der Waals surface area contributed by atoms with Crippen molar-refractivity contribution in [3.8, 4) is 11.8 Å². The van der Waals surface area contributed by atoms with Crippen molar-refractivity contribution >= 4 is 43.9 Å². The summed E-state index contributed by atoms with van der Waals surface area (Å²) in [6, 6.07) is 11.9. The number of anilines is 1. The second-order valence-corrected chi connectivity index (χ2v) is 11.7. The smallest absolute Gasteiger partial charge is 0.422 e. The maximum absolute atomic E-state index is 14.1. The topological polar surface area (TPSA) is 207 Å². The Bertz CT molecular complexity index is 1760. The monoisotopic (exact) mass is 638 g/mol. The Kier molecular flexibility index (Phi) is 10.1. The number of hydrogen-bond acceptors (Lipinski definition) is 13. The normalized spacial score (nSPS) is 12.0. The molecule has 16 nitrogen and oxygen atoms in total. The van der Waals surface area contributed by atoms with Crippen molar-refractivity contribution in [3.63, 3.8) is 0 Å². The first-order valence-electron chi connectivity index (χ1n) is 11.9. The summed E-state index contributed by atoms with van der Waals surface area (Å²) in [6.45, 7) is 0. The highest BCUT2D eigenvalue weighted by Crippen LogP contribution is 2.26. The van der Waals surface area contributed by atoms with Gasteiger partial charge in [-0.25, -0.2) is 9.59 Å². The molecule has 0 aliphatic heterocycles. The van der Waals surface area contributed by atoms with Crippen molar-refractivity contribution in [2.45, 2.75) is 10.6 Å². The van der Waals surface area contributed by atoms with Gasteiger partial charge in [0.2, 0.25) is 11.8 Å². The summed E-state index contributed by atoms with van der Waals surface area (Å²) in [4.78, 5) is 37.2. The summed E-state index contributed by atoms with van der Waals surface area (Å²) in [6.07, 6.45) is 0. The summed E-state index contributed by atoms with van der Waals surface area (Å²) in [7, 11) is -4.21. The van der Waals surface area contributed by atoms with Crippen LogP contribution in [0.4, 0.5) is 5.95 Å². The molecule has 3 aromatic rings. The molecule has 0 saturated heterocycles. The Balaban J connectivity index is 2.37. The lowest BCUT2D eigenvalue weighted by atomic mass is 10.1. The Labute approximate surface area is 247 Å². The van der Waals surface area contributed by atoms with Crippen LogP contribution in [0, 0.1) is 0 Å². The summed E-state index contributed by atoms with van der Waals surface area (Å²) < 4.78 is 75.8. The molecular weight excluding hydrogens is 610 g/mol. The fraction of sp³-hybridized carbons (Fsp3) is 0.240. The van der Waals surface area contributed by atoms with Gasteiger partial charge in [-0.1, -0.05) is 34.6 Å². The molecule has 0 unspecified atom stereocenters. The van der Waals surface area contributed by atoms with E-state index in [0.717, 1.165) is 27.4 Å². The Morgan fingerprint density at radius 3 is 1.86 bits per heavy atom. The molecule has 43 heavy (non-hydrogen) atoms. The van der Waals surface area contributed by atoms with Crippen molar-refractivity contribution < 1.29 is 54.4 Å². The lowest BCUT2D eigenvalue weighted by Gasteiger charge is -2.19. The Morgan fingerprint density at radius 2 is 1.33 bits per heavy atom. The molecule has 0 bridgehead atoms. The predicted octanol–water partition coefficient (Wildman–Crippen LogP) is 0.681. The molecule has 0 aliphatic rings. The number of ether oxygens (including phenoxy) is 4. The molecule has 0 spiro atoms. The number of hydrogen-bond donors (Lipinski definition) is 1. The van der Waals surface area contributed by atoms with Crippen LogP contribution in [0.5, 0.6) is 11.8 Å². The third kappa shape index (κ3) is 6.75. The van der Waals surface area contributed by atoms with Gasteiger partial charge in [-0.05, 0) is 23.8 Å². The van der Waals surface area contributed by atoms with Crippen molar-refractivity contribution in [3.05, 3.63) is 71.3 Å². The number of rotatable bonds is 11. The van der Waals surface area contributed by atoms with E-state index in [0.29, 0.717) is 0 Å². The highest BCUT2D eigenvalue weighted by Gasteiger charge is 2.43. The van der Waals surface area contributed by atoms with E-state index in [1.807, 2.05) is 0 Å². The standard InChI is InChI=1S/C25H27N5O11S2/c1-37-20-14-21(38-2)28-25(27-20)29(42(33,34)15-16-10-6-7-11-17(16)22(31)39-3)24(26)30(41-5)43(35,36)19-13-9-8-12-18(19)23(32)40-4/h6-14,26H,15H2,1-5H3/p+1. The molecule has 0 fully saturated rings. The highest BCUT2D eigenvalue weighted by molar-refractivity contribution is 7.92. The molecule has 0 aliphatic carbocycles. The van der Waals surface area contributed by atoms with Gasteiger partial charge in [0.15, 0.2) is 0 Å². The number of guanidine groups is 1. The average Bonchev–Trinajstić information content (AvgIpc) is 3.00. The first-order chi connectivity index (χ1) is 20.4. The van der Waals surface area contributed by atoms with Crippen LogP contribution in [0.1, 0.15) is 26.3 Å². The van der Waals surface area contributed by atoms with E-state index >= 15 is 0 Å². The maximum atomic E-state index is 14.1. The number of nitrogens with two attached hydrogens (primary N) is 1. The zero-order valence-corrected chi connectivity index (χ0v) is 25.2. The van der Waals surface area contributed by atoms with E-state index in [-0.39, 0.29) is 36.9 Å². The first kappa shape index (κ1) is 32.5. The molecule has 0 atom stereocenters. The van der Waals surface area contributed by atoms with E-state index in [4.69, 9.17) is 24.8 Å². The molecule has 230 valence electrons. The molecule has 2 aromatic carbocycles. The average molecular weight is 639 g/mol. The number of aromatic nitrogens is 2. The molecule has 1 aromatic heterocycles. The molecule has 0 amide bonds. The van der Waals surface area contributed by atoms with Gasteiger partial charge in [-0.3, -0.25) is 5.73 Å². The second-order valence-electron chi connectivity index (χ2n) is 8.18. The first-order valence-corrected chi connectivity index (χ1v) is 15.0. The fourth-order valence-corrected chi connectivity index (χ4v) is 6.62. The van der Waals surface area contributed by atoms with Gasteiger partial charge >= 0.3 is 33.9 Å². The van der Waals surface area contributed by atoms with Crippen molar-refractivity contribution in [2.75, 3.05) is 39.9 Å². The zero-order valence-electron chi connectivity index (χ0n) is 23.6. The molecular formula is C25H28N5O11S2+. The van der Waals surface area contributed by atoms with Gasteiger partial charge in [-0.2, -0.15) is 26.8 Å². The van der Waals surface area contributed by atoms with Crippen LogP contribution in [0.2, 0.25) is 0 Å². The van der Waals surface area contributed by atoms with E-state index in [9.17, 15) is 26.4 Å². The van der Waals surface area contributed by atoms with Crippen LogP contribution in [-0.2, 0) is 40.1 Å². The van der Waals surface area contributed by atoms with Gasteiger partial charge in [0, 0.05) is 4.14 Å². The number of carbonyl (C=O) groups excluding carboxylic acids is 2. The van der Waals surface area contributed by atoms with Gasteiger partial charge < -0.3 is 23.8 Å². The summed E-state index contributed by atoms with van der Waals surface area (Å²) in [5.41, 5.74) is 5.75. The van der Waals surface area contributed by atoms with Crippen LogP contribution < -0.4 is 19.5 Å². The van der Waals surface area contributed by atoms with Crippen LogP contribution in [-0.4, -0.2) is 84.4 Å². The van der Waals surface area contributed by atoms with Gasteiger partial charge in [0.1, 0.15) is 17.8 Å². The summed E-state index contributed by atoms with van der Waals surface area (Å²) >= 11 is 0. The predicted molar refractivity (Wildman–Crippen MR) is 149 cm³/mol. The van der Waals surface area contributed by atoms with Crippen molar-refractivity contribution in [2.24, 2.45) is 5.73 Å². The Hall–Kier alpha value is -4.97. The maximum Gasteiger partial charge on any atom is 0.422 e. The quantitative estimate of drug-likeness (QED) is 0.101. The molecule has 2 N–H and O–H groups in total. The van der Waals surface area contributed by atoms with Gasteiger partial charge in [0.05, 0.1) is 45.6 Å². The van der Waals surface area contributed by atoms with Crippen molar-refractivity contribution in [1.82, 2.24) is 9.97 Å². The molecule has 0 radical (unpaired) electrons. The Morgan fingerprint density at radius 1 is 0.814 bits per heavy atom. The van der Waals surface area contributed by atoms with Crippen LogP contribution in [0.15, 0.2) is 59.5 Å². The third-order valence-corrected chi connectivity index (χ3v) is 8.92. The minimum absolute atomic E-state index is 0.0233. The highest BCUT2D eigenvalue weighted by atomic mass is 32.2. The van der Waals surface area contributed by atoms with E-state index in [1.54, 1.807) is 0 Å². The lowest BCUT2D eigenvalue weighted by molar-refractivity contribution is -0.667. The minimum atomic E-state index is -4.93. The number of sulfonamides is 2. The van der Waals surface area contributed by atoms with Crippen molar-refractivity contribution in [1.29, 1.82) is 0 Å². The number of methoxy groups -OCH3 is 4. The molecule has 18 heteroatoms. The van der Waals surface area contributed by atoms with Crippen LogP contribution in [0.3, 0.4) is 0 Å².